The second-order valence-corrected chi connectivity index (χ2v) is 11.0. The summed E-state index contributed by atoms with van der Waals surface area (Å²) in [6.45, 7) is -4.05. The minimum Gasteiger partial charge on any atom is -0.394 e. The molecule has 21 nitrogen and oxygen atoms in total. The van der Waals surface area contributed by atoms with Crippen LogP contribution in [0.5, 0.6) is 0 Å². The third-order valence-corrected chi connectivity index (χ3v) is 7.90. The Bertz CT molecular complexity index is 873. The zero-order chi connectivity index (χ0) is 33.7. The van der Waals surface area contributed by atoms with Gasteiger partial charge in [-0.05, 0) is 0 Å². The van der Waals surface area contributed by atoms with Crippen molar-refractivity contribution in [1.29, 1.82) is 0 Å². The van der Waals surface area contributed by atoms with Gasteiger partial charge in [0, 0.05) is 6.54 Å². The van der Waals surface area contributed by atoms with Gasteiger partial charge >= 0.3 is 0 Å². The van der Waals surface area contributed by atoms with Crippen LogP contribution < -0.4 is 5.73 Å². The molecule has 0 aromatic heterocycles. The molecule has 266 valence electrons. The first-order valence-corrected chi connectivity index (χ1v) is 14.1. The minimum atomic E-state index is -2.04. The Labute approximate surface area is 255 Å². The first-order valence-electron chi connectivity index (χ1n) is 14.1. The van der Waals surface area contributed by atoms with Gasteiger partial charge in [0.25, 0.3) is 0 Å². The van der Waals surface area contributed by atoms with Gasteiger partial charge in [-0.15, -0.1) is 0 Å². The summed E-state index contributed by atoms with van der Waals surface area (Å²) in [5.41, 5.74) is 5.41. The van der Waals surface area contributed by atoms with Crippen molar-refractivity contribution >= 4 is 0 Å². The highest BCUT2D eigenvalue weighted by atomic mass is 16.8. The summed E-state index contributed by atoms with van der Waals surface area (Å²) in [5, 5.41) is 142. The molecule has 21 heteroatoms. The van der Waals surface area contributed by atoms with Crippen LogP contribution in [0.4, 0.5) is 0 Å². The zero-order valence-corrected chi connectivity index (χ0v) is 23.8. The molecule has 0 radical (unpaired) electrons. The lowest BCUT2D eigenvalue weighted by Crippen LogP contribution is -2.67. The van der Waals surface area contributed by atoms with Crippen LogP contribution >= 0.6 is 0 Å². The maximum Gasteiger partial charge on any atom is 0.187 e. The number of hydrogen-bond donors (Lipinski definition) is 15. The van der Waals surface area contributed by atoms with E-state index in [0.29, 0.717) is 0 Å². The van der Waals surface area contributed by atoms with Crippen molar-refractivity contribution in [3.05, 3.63) is 0 Å². The standard InChI is InChI=1S/C24H45NO20/c25-1-6(30)19(11(32)7(31)2-26)43-23-17(38)14(35)21(9(4-28)41-23)45-24-18(39)15(36)20(10(5-29)42-24)44-22-16(37)13(34)12(33)8(3-27)40-22/h6-24,26-39H,1-5,25H2/t6-,7-,8+,9+,10+,11+,12+,13-,14+,15+,16+,17+,18+,19+,20+,21+,22+,23+,24+/m0/s1. The molecular weight excluding hydrogens is 622 g/mol. The molecule has 0 amide bonds. The van der Waals surface area contributed by atoms with Gasteiger partial charge in [0.2, 0.25) is 0 Å². The fourth-order valence-electron chi connectivity index (χ4n) is 5.17. The third kappa shape index (κ3) is 8.43. The van der Waals surface area contributed by atoms with Crippen molar-refractivity contribution < 1.29 is 99.9 Å². The maximum absolute atomic E-state index is 10.8. The van der Waals surface area contributed by atoms with Crippen LogP contribution in [0.25, 0.3) is 0 Å². The molecule has 16 N–H and O–H groups in total. The summed E-state index contributed by atoms with van der Waals surface area (Å²) in [4.78, 5) is 0. The van der Waals surface area contributed by atoms with Gasteiger partial charge in [0.05, 0.1) is 32.5 Å². The Hall–Kier alpha value is -0.840. The maximum atomic E-state index is 10.8. The predicted octanol–water partition coefficient (Wildman–Crippen LogP) is -10.1. The summed E-state index contributed by atoms with van der Waals surface area (Å²) in [6, 6.07) is 0. The van der Waals surface area contributed by atoms with E-state index < -0.39 is 150 Å². The molecule has 0 saturated carbocycles. The van der Waals surface area contributed by atoms with Gasteiger partial charge in [-0.2, -0.15) is 0 Å². The lowest BCUT2D eigenvalue weighted by molar-refractivity contribution is -0.383. The van der Waals surface area contributed by atoms with E-state index in [1.165, 1.54) is 0 Å². The number of aliphatic hydroxyl groups is 14. The van der Waals surface area contributed by atoms with Gasteiger partial charge in [-0.1, -0.05) is 0 Å². The molecule has 19 atom stereocenters. The summed E-state index contributed by atoms with van der Waals surface area (Å²) >= 11 is 0. The fourth-order valence-corrected chi connectivity index (χ4v) is 5.17. The quantitative estimate of drug-likeness (QED) is 0.0817. The summed E-state index contributed by atoms with van der Waals surface area (Å²) < 4.78 is 32.6. The highest BCUT2D eigenvalue weighted by Gasteiger charge is 2.54. The molecular formula is C24H45NO20. The lowest BCUT2D eigenvalue weighted by Gasteiger charge is -2.48. The van der Waals surface area contributed by atoms with E-state index in [2.05, 4.69) is 0 Å². The van der Waals surface area contributed by atoms with E-state index in [0.717, 1.165) is 0 Å². The van der Waals surface area contributed by atoms with Crippen molar-refractivity contribution in [2.75, 3.05) is 33.0 Å². The first kappa shape index (κ1) is 38.6. The summed E-state index contributed by atoms with van der Waals surface area (Å²) in [5.74, 6) is 0. The van der Waals surface area contributed by atoms with E-state index in [1.807, 2.05) is 0 Å². The first-order chi connectivity index (χ1) is 21.2. The van der Waals surface area contributed by atoms with Crippen molar-refractivity contribution in [3.8, 4) is 0 Å². The Kier molecular flexibility index (Phi) is 14.6. The number of ether oxygens (including phenoxy) is 6. The molecule has 0 bridgehead atoms. The lowest BCUT2D eigenvalue weighted by atomic mass is 9.96. The second kappa shape index (κ2) is 17.0. The highest BCUT2D eigenvalue weighted by molar-refractivity contribution is 4.97. The third-order valence-electron chi connectivity index (χ3n) is 7.90. The summed E-state index contributed by atoms with van der Waals surface area (Å²) in [6.07, 6.45) is -34.0. The van der Waals surface area contributed by atoms with Crippen molar-refractivity contribution in [2.24, 2.45) is 5.73 Å². The fraction of sp³-hybridized carbons (Fsp3) is 1.00. The van der Waals surface area contributed by atoms with E-state index in [-0.39, 0.29) is 0 Å². The van der Waals surface area contributed by atoms with Gasteiger partial charge < -0.3 is 106 Å². The molecule has 3 aliphatic heterocycles. The Morgan fingerprint density at radius 2 is 0.956 bits per heavy atom. The van der Waals surface area contributed by atoms with Crippen LogP contribution in [-0.2, 0) is 28.4 Å². The molecule has 3 aliphatic rings. The molecule has 3 fully saturated rings. The molecule has 0 unspecified atom stereocenters. The number of rotatable bonds is 14. The average molecular weight is 668 g/mol. The Balaban J connectivity index is 1.72. The van der Waals surface area contributed by atoms with Crippen LogP contribution in [-0.4, -0.2) is 221 Å². The molecule has 0 aromatic rings. The largest absolute Gasteiger partial charge is 0.394 e. The second-order valence-electron chi connectivity index (χ2n) is 11.0. The van der Waals surface area contributed by atoms with Gasteiger partial charge in [0.1, 0.15) is 91.6 Å². The van der Waals surface area contributed by atoms with Crippen LogP contribution in [0.15, 0.2) is 0 Å². The smallest absolute Gasteiger partial charge is 0.187 e. The van der Waals surface area contributed by atoms with Crippen molar-refractivity contribution in [2.45, 2.75) is 117 Å². The molecule has 45 heavy (non-hydrogen) atoms. The molecule has 0 aromatic carbocycles. The molecule has 3 saturated heterocycles. The number of aliphatic hydroxyl groups excluding tert-OH is 14. The molecule has 0 aliphatic carbocycles. The van der Waals surface area contributed by atoms with Gasteiger partial charge in [-0.3, -0.25) is 0 Å². The number of hydrogen-bond acceptors (Lipinski definition) is 21. The highest BCUT2D eigenvalue weighted by Crippen LogP contribution is 2.33. The van der Waals surface area contributed by atoms with Gasteiger partial charge in [-0.25, -0.2) is 0 Å². The predicted molar refractivity (Wildman–Crippen MR) is 138 cm³/mol. The van der Waals surface area contributed by atoms with E-state index >= 15 is 0 Å². The van der Waals surface area contributed by atoms with Crippen molar-refractivity contribution in [3.63, 3.8) is 0 Å². The van der Waals surface area contributed by atoms with Crippen LogP contribution in [0.3, 0.4) is 0 Å². The van der Waals surface area contributed by atoms with Crippen LogP contribution in [0.2, 0.25) is 0 Å². The van der Waals surface area contributed by atoms with E-state index in [9.17, 15) is 66.4 Å². The zero-order valence-electron chi connectivity index (χ0n) is 23.8. The van der Waals surface area contributed by atoms with Crippen LogP contribution in [0, 0.1) is 0 Å². The van der Waals surface area contributed by atoms with E-state index in [1.54, 1.807) is 0 Å². The minimum absolute atomic E-state index is 0.507. The average Bonchev–Trinajstić information content (AvgIpc) is 3.04. The van der Waals surface area contributed by atoms with E-state index in [4.69, 9.17) is 39.3 Å². The van der Waals surface area contributed by atoms with Crippen LogP contribution in [0.1, 0.15) is 0 Å². The summed E-state index contributed by atoms with van der Waals surface area (Å²) in [7, 11) is 0. The molecule has 3 rings (SSSR count). The van der Waals surface area contributed by atoms with Gasteiger partial charge in [0.15, 0.2) is 18.9 Å². The Morgan fingerprint density at radius 3 is 1.40 bits per heavy atom. The normalized spacial score (nSPS) is 45.5. The number of nitrogens with two attached hydrogens (primary N) is 1. The monoisotopic (exact) mass is 667 g/mol. The SMILES string of the molecule is NC[C@H](O)[C@@H](O[C@H]1O[C@H](CO)[C@@H](O[C@H]2O[C@H](CO)[C@@H](O[C@H]3O[C@H](CO)[C@@H](O)[C@H](O)[C@H]3O)[C@H](O)[C@H]2O)[C@H](O)[C@H]1O)[C@H](O)[C@@H](O)CO. The topological polar surface area (TPSA) is 365 Å². The molecule has 0 spiro atoms. The Morgan fingerprint density at radius 1 is 0.533 bits per heavy atom. The van der Waals surface area contributed by atoms with Crippen molar-refractivity contribution in [1.82, 2.24) is 0 Å². The molecule has 3 heterocycles.